The molecule has 1 fully saturated rings. The minimum Gasteiger partial charge on any atom is -0.370 e. The van der Waals surface area contributed by atoms with E-state index in [1.54, 1.807) is 0 Å². The second-order valence-corrected chi connectivity index (χ2v) is 5.57. The normalized spacial score (nSPS) is 20.1. The predicted molar refractivity (Wildman–Crippen MR) is 82.9 cm³/mol. The molecule has 1 unspecified atom stereocenters. The largest absolute Gasteiger partial charge is 0.370 e. The average molecular weight is 267 g/mol. The van der Waals surface area contributed by atoms with Crippen LogP contribution in [-0.2, 0) is 0 Å². The Morgan fingerprint density at radius 2 is 2.00 bits per heavy atom. The van der Waals surface area contributed by atoms with Crippen molar-refractivity contribution in [2.75, 3.05) is 18.0 Å². The van der Waals surface area contributed by atoms with Crippen molar-refractivity contribution in [3.05, 3.63) is 59.9 Å². The first-order chi connectivity index (χ1) is 9.74. The lowest BCUT2D eigenvalue weighted by Gasteiger charge is -2.19. The summed E-state index contributed by atoms with van der Waals surface area (Å²) in [5.74, 6) is 0.629. The van der Waals surface area contributed by atoms with E-state index in [0.29, 0.717) is 5.92 Å². The predicted octanol–water partition coefficient (Wildman–Crippen LogP) is 3.10. The fourth-order valence-electron chi connectivity index (χ4n) is 2.85. The number of aromatic nitrogens is 1. The van der Waals surface area contributed by atoms with Crippen molar-refractivity contribution in [1.29, 1.82) is 0 Å². The molecule has 1 aliphatic heterocycles. The first-order valence-electron chi connectivity index (χ1n) is 7.25. The maximum atomic E-state index is 5.84. The minimum atomic E-state index is -0.000282. The Labute approximate surface area is 120 Å². The third-order valence-electron chi connectivity index (χ3n) is 4.06. The summed E-state index contributed by atoms with van der Waals surface area (Å²) in [6.07, 6.45) is 3.16. The van der Waals surface area contributed by atoms with Gasteiger partial charge in [-0.15, -0.1) is 0 Å². The van der Waals surface area contributed by atoms with Gasteiger partial charge in [0.05, 0.1) is 17.6 Å². The summed E-state index contributed by atoms with van der Waals surface area (Å²) in [6, 6.07) is 15.0. The molecule has 0 spiro atoms. The van der Waals surface area contributed by atoms with E-state index in [1.165, 1.54) is 17.7 Å². The zero-order valence-corrected chi connectivity index (χ0v) is 11.9. The summed E-state index contributed by atoms with van der Waals surface area (Å²) in [6.45, 7) is 4.13. The topological polar surface area (TPSA) is 42.1 Å². The van der Waals surface area contributed by atoms with Gasteiger partial charge in [-0.3, -0.25) is 4.98 Å². The molecule has 104 valence electrons. The number of nitrogens with two attached hydrogens (primary N) is 1. The first kappa shape index (κ1) is 13.1. The van der Waals surface area contributed by atoms with Crippen LogP contribution in [-0.4, -0.2) is 18.1 Å². The fourth-order valence-corrected chi connectivity index (χ4v) is 2.85. The molecular formula is C17H21N3. The molecule has 20 heavy (non-hydrogen) atoms. The van der Waals surface area contributed by atoms with Crippen LogP contribution < -0.4 is 10.6 Å². The molecule has 2 atom stereocenters. The van der Waals surface area contributed by atoms with E-state index in [4.69, 9.17) is 5.73 Å². The van der Waals surface area contributed by atoms with Gasteiger partial charge >= 0.3 is 0 Å². The summed E-state index contributed by atoms with van der Waals surface area (Å²) < 4.78 is 0. The van der Waals surface area contributed by atoms with Crippen molar-refractivity contribution in [2.45, 2.75) is 25.3 Å². The summed E-state index contributed by atoms with van der Waals surface area (Å²) in [7, 11) is 0. The molecule has 2 aromatic rings. The molecule has 3 heteroatoms. The molecule has 0 amide bonds. The van der Waals surface area contributed by atoms with Crippen LogP contribution in [0.1, 0.15) is 36.6 Å². The van der Waals surface area contributed by atoms with Crippen molar-refractivity contribution in [2.24, 2.45) is 5.73 Å². The SMILES string of the molecule is C[C@H](N)c1ccc(N2CCC(c3ccccc3)C2)cn1. The molecule has 3 nitrogen and oxygen atoms in total. The molecule has 0 saturated carbocycles. The number of hydrogen-bond donors (Lipinski definition) is 1. The van der Waals surface area contributed by atoms with Crippen molar-refractivity contribution in [3.63, 3.8) is 0 Å². The maximum Gasteiger partial charge on any atom is 0.0569 e. The smallest absolute Gasteiger partial charge is 0.0569 e. The third kappa shape index (κ3) is 2.68. The van der Waals surface area contributed by atoms with Gasteiger partial charge in [0.2, 0.25) is 0 Å². The van der Waals surface area contributed by atoms with Gasteiger partial charge < -0.3 is 10.6 Å². The summed E-state index contributed by atoms with van der Waals surface area (Å²) in [5, 5.41) is 0. The summed E-state index contributed by atoms with van der Waals surface area (Å²) in [5.41, 5.74) is 9.43. The lowest BCUT2D eigenvalue weighted by Crippen LogP contribution is -2.19. The van der Waals surface area contributed by atoms with Crippen LogP contribution in [0.4, 0.5) is 5.69 Å². The highest BCUT2D eigenvalue weighted by Crippen LogP contribution is 2.30. The molecule has 1 aromatic carbocycles. The van der Waals surface area contributed by atoms with E-state index >= 15 is 0 Å². The van der Waals surface area contributed by atoms with E-state index in [2.05, 4.69) is 46.3 Å². The Morgan fingerprint density at radius 3 is 2.65 bits per heavy atom. The van der Waals surface area contributed by atoms with E-state index < -0.39 is 0 Å². The van der Waals surface area contributed by atoms with Crippen LogP contribution in [0.25, 0.3) is 0 Å². The van der Waals surface area contributed by atoms with E-state index in [1.807, 2.05) is 19.2 Å². The van der Waals surface area contributed by atoms with Crippen LogP contribution >= 0.6 is 0 Å². The number of hydrogen-bond acceptors (Lipinski definition) is 3. The quantitative estimate of drug-likeness (QED) is 0.929. The van der Waals surface area contributed by atoms with Crippen molar-refractivity contribution < 1.29 is 0 Å². The van der Waals surface area contributed by atoms with E-state index in [0.717, 1.165) is 18.8 Å². The number of pyridine rings is 1. The zero-order valence-electron chi connectivity index (χ0n) is 11.9. The fraction of sp³-hybridized carbons (Fsp3) is 0.353. The average Bonchev–Trinajstić information content (AvgIpc) is 2.98. The molecular weight excluding hydrogens is 246 g/mol. The highest BCUT2D eigenvalue weighted by atomic mass is 15.2. The number of rotatable bonds is 3. The monoisotopic (exact) mass is 267 g/mol. The van der Waals surface area contributed by atoms with Gasteiger partial charge in [0, 0.05) is 25.0 Å². The second-order valence-electron chi connectivity index (χ2n) is 5.57. The molecule has 0 radical (unpaired) electrons. The zero-order chi connectivity index (χ0) is 13.9. The second kappa shape index (κ2) is 5.63. The van der Waals surface area contributed by atoms with Crippen molar-refractivity contribution in [1.82, 2.24) is 4.98 Å². The van der Waals surface area contributed by atoms with Crippen LogP contribution in [0.3, 0.4) is 0 Å². The van der Waals surface area contributed by atoms with Crippen LogP contribution in [0.5, 0.6) is 0 Å². The lowest BCUT2D eigenvalue weighted by molar-refractivity contribution is 0.772. The van der Waals surface area contributed by atoms with Gasteiger partial charge in [-0.1, -0.05) is 30.3 Å². The van der Waals surface area contributed by atoms with Crippen LogP contribution in [0.15, 0.2) is 48.7 Å². The van der Waals surface area contributed by atoms with Crippen molar-refractivity contribution in [3.8, 4) is 0 Å². The summed E-state index contributed by atoms with van der Waals surface area (Å²) in [4.78, 5) is 6.87. The Kier molecular flexibility index (Phi) is 3.70. The van der Waals surface area contributed by atoms with Gasteiger partial charge in [0.1, 0.15) is 0 Å². The van der Waals surface area contributed by atoms with Gasteiger partial charge in [-0.25, -0.2) is 0 Å². The van der Waals surface area contributed by atoms with Gasteiger partial charge in [0.25, 0.3) is 0 Å². The molecule has 1 aromatic heterocycles. The molecule has 2 heterocycles. The highest BCUT2D eigenvalue weighted by molar-refractivity contribution is 5.47. The number of nitrogens with zero attached hydrogens (tertiary/aromatic N) is 2. The molecule has 2 N–H and O–H groups in total. The van der Waals surface area contributed by atoms with Gasteiger partial charge in [-0.05, 0) is 31.0 Å². The Bertz CT molecular complexity index is 548. The third-order valence-corrected chi connectivity index (χ3v) is 4.06. The highest BCUT2D eigenvalue weighted by Gasteiger charge is 2.24. The molecule has 0 aliphatic carbocycles. The Hall–Kier alpha value is -1.87. The molecule has 1 saturated heterocycles. The first-order valence-corrected chi connectivity index (χ1v) is 7.25. The lowest BCUT2D eigenvalue weighted by atomic mass is 9.99. The molecule has 0 bridgehead atoms. The Morgan fingerprint density at radius 1 is 1.20 bits per heavy atom. The number of benzene rings is 1. The molecule has 1 aliphatic rings. The molecule has 3 rings (SSSR count). The van der Waals surface area contributed by atoms with Crippen LogP contribution in [0, 0.1) is 0 Å². The van der Waals surface area contributed by atoms with Gasteiger partial charge in [-0.2, -0.15) is 0 Å². The summed E-state index contributed by atoms with van der Waals surface area (Å²) >= 11 is 0. The maximum absolute atomic E-state index is 5.84. The Balaban J connectivity index is 1.71. The number of anilines is 1. The van der Waals surface area contributed by atoms with Crippen LogP contribution in [0.2, 0.25) is 0 Å². The van der Waals surface area contributed by atoms with Crippen molar-refractivity contribution >= 4 is 5.69 Å². The standard InChI is InChI=1S/C17H21N3/c1-13(18)17-8-7-16(11-19-17)20-10-9-15(12-20)14-5-3-2-4-6-14/h2-8,11,13,15H,9-10,12,18H2,1H3/t13-,15?/m0/s1. The van der Waals surface area contributed by atoms with E-state index in [-0.39, 0.29) is 6.04 Å². The van der Waals surface area contributed by atoms with E-state index in [9.17, 15) is 0 Å². The van der Waals surface area contributed by atoms with Gasteiger partial charge in [0.15, 0.2) is 0 Å². The minimum absolute atomic E-state index is 0.000282.